The molecule has 1 aromatic rings. The van der Waals surface area contributed by atoms with Gasteiger partial charge in [0.2, 0.25) is 0 Å². The number of hydrogen-bond acceptors (Lipinski definition) is 5. The average molecular weight is 440 g/mol. The van der Waals surface area contributed by atoms with Crippen LogP contribution in [0, 0.1) is 0 Å². The quantitative estimate of drug-likeness (QED) is 0.545. The van der Waals surface area contributed by atoms with Crippen LogP contribution < -0.4 is 4.90 Å². The monoisotopic (exact) mass is 439 g/mol. The number of carbonyl (C=O) groups is 2. The summed E-state index contributed by atoms with van der Waals surface area (Å²) in [4.78, 5) is 25.5. The molecule has 26 heavy (non-hydrogen) atoms. The Bertz CT molecular complexity index is 656. The Morgan fingerprint density at radius 1 is 1.31 bits per heavy atom. The Morgan fingerprint density at radius 2 is 1.92 bits per heavy atom. The number of ether oxygens (including phenoxy) is 2. The van der Waals surface area contributed by atoms with Crippen LogP contribution in [0.2, 0.25) is 0 Å². The second-order valence-corrected chi connectivity index (χ2v) is 6.68. The number of quaternary nitrogens is 1. The van der Waals surface area contributed by atoms with E-state index >= 15 is 0 Å². The number of alkyl halides is 4. The second-order valence-electron chi connectivity index (χ2n) is 5.89. The fourth-order valence-electron chi connectivity index (χ4n) is 2.92. The molecule has 1 N–H and O–H groups in total. The molecule has 0 saturated carbocycles. The molecule has 2 unspecified atom stereocenters. The van der Waals surface area contributed by atoms with Crippen LogP contribution in [0.5, 0.6) is 0 Å². The number of likely N-dealkylation sites (N-methyl/N-ethyl adjacent to an activating group) is 2. The van der Waals surface area contributed by atoms with Gasteiger partial charge in [-0.2, -0.15) is 13.2 Å². The number of hydrogen-bond donors (Lipinski definition) is 1. The number of carbonyl (C=O) groups excluding carboxylic acids is 2. The topological polar surface area (TPSA) is 60.3 Å². The molecule has 0 aliphatic carbocycles. The van der Waals surface area contributed by atoms with Crippen LogP contribution in [0.4, 0.5) is 13.2 Å². The molecule has 1 saturated heterocycles. The summed E-state index contributed by atoms with van der Waals surface area (Å²) in [6.45, 7) is 1.12. The highest BCUT2D eigenvalue weighted by Crippen LogP contribution is 2.29. The third-order valence-electron chi connectivity index (χ3n) is 4.23. The van der Waals surface area contributed by atoms with Crippen LogP contribution in [-0.4, -0.2) is 62.1 Å². The lowest BCUT2D eigenvalue weighted by atomic mass is 10.1. The molecule has 0 bridgehead atoms. The molecule has 1 aliphatic rings. The maximum Gasteiger partial charge on any atom is 0.491 e. The van der Waals surface area contributed by atoms with Crippen LogP contribution in [0.15, 0.2) is 24.3 Å². The zero-order valence-electron chi connectivity index (χ0n) is 14.2. The second kappa shape index (κ2) is 7.93. The molecule has 144 valence electrons. The molecule has 0 aromatic heterocycles. The molecule has 2 rings (SSSR count). The van der Waals surface area contributed by atoms with Crippen molar-refractivity contribution < 1.29 is 37.1 Å². The van der Waals surface area contributed by atoms with Crippen molar-refractivity contribution in [3.63, 3.8) is 0 Å². The van der Waals surface area contributed by atoms with E-state index in [9.17, 15) is 22.8 Å². The van der Waals surface area contributed by atoms with Crippen molar-refractivity contribution in [1.29, 1.82) is 0 Å². The highest BCUT2D eigenvalue weighted by molar-refractivity contribution is 9.09. The Kier molecular flexibility index (Phi) is 6.30. The van der Waals surface area contributed by atoms with E-state index in [-0.39, 0.29) is 12.2 Å². The van der Waals surface area contributed by atoms with Crippen molar-refractivity contribution in [3.05, 3.63) is 35.4 Å². The number of rotatable bonds is 5. The number of esters is 2. The zero-order chi connectivity index (χ0) is 19.5. The van der Waals surface area contributed by atoms with Crippen LogP contribution in [0.3, 0.4) is 0 Å². The van der Waals surface area contributed by atoms with Crippen LogP contribution >= 0.6 is 15.9 Å². The van der Waals surface area contributed by atoms with Gasteiger partial charge in [0.05, 0.1) is 31.3 Å². The SMILES string of the molecule is CN1CC[NH+](C)C1(OC(=O)C(F)(F)F)c1ccc(C(=O)OCCBr)cc1. The summed E-state index contributed by atoms with van der Waals surface area (Å²) < 4.78 is 48.2. The van der Waals surface area contributed by atoms with Crippen molar-refractivity contribution in [2.24, 2.45) is 0 Å². The molecule has 0 spiro atoms. The number of halogens is 4. The van der Waals surface area contributed by atoms with E-state index in [1.165, 1.54) is 24.3 Å². The largest absolute Gasteiger partial charge is 0.491 e. The Labute approximate surface area is 157 Å². The summed E-state index contributed by atoms with van der Waals surface area (Å²) in [6.07, 6.45) is -5.10. The first-order chi connectivity index (χ1) is 12.1. The van der Waals surface area contributed by atoms with Gasteiger partial charge < -0.3 is 9.47 Å². The van der Waals surface area contributed by atoms with Gasteiger partial charge in [0, 0.05) is 5.33 Å². The Balaban J connectivity index is 2.35. The summed E-state index contributed by atoms with van der Waals surface area (Å²) >= 11 is 3.14. The first kappa shape index (κ1) is 20.7. The van der Waals surface area contributed by atoms with Crippen molar-refractivity contribution >= 4 is 27.9 Å². The third-order valence-corrected chi connectivity index (χ3v) is 4.56. The smallest absolute Gasteiger partial charge is 0.461 e. The lowest BCUT2D eigenvalue weighted by Crippen LogP contribution is -3.15. The van der Waals surface area contributed by atoms with E-state index in [0.717, 1.165) is 0 Å². The molecular formula is C16H19BrF3N2O4+. The predicted molar refractivity (Wildman–Crippen MR) is 88.7 cm³/mol. The number of benzene rings is 1. The van der Waals surface area contributed by atoms with Gasteiger partial charge in [-0.1, -0.05) is 15.9 Å². The fourth-order valence-corrected chi connectivity index (χ4v) is 3.08. The third kappa shape index (κ3) is 4.02. The maximum atomic E-state index is 12.8. The highest BCUT2D eigenvalue weighted by Gasteiger charge is 2.57. The minimum atomic E-state index is -5.10. The summed E-state index contributed by atoms with van der Waals surface area (Å²) in [6, 6.07) is 5.82. The van der Waals surface area contributed by atoms with E-state index in [1.807, 2.05) is 0 Å². The summed E-state index contributed by atoms with van der Waals surface area (Å²) in [5, 5.41) is 0.492. The summed E-state index contributed by atoms with van der Waals surface area (Å²) in [5.41, 5.74) is 0.593. The fraction of sp³-hybridized carbons (Fsp3) is 0.500. The molecule has 1 aliphatic heterocycles. The zero-order valence-corrected chi connectivity index (χ0v) is 15.8. The lowest BCUT2D eigenvalue weighted by Gasteiger charge is -2.36. The first-order valence-electron chi connectivity index (χ1n) is 7.81. The van der Waals surface area contributed by atoms with E-state index in [1.54, 1.807) is 19.0 Å². The molecule has 1 aromatic carbocycles. The molecule has 1 fully saturated rings. The number of nitrogens with one attached hydrogen (secondary N) is 1. The van der Waals surface area contributed by atoms with Gasteiger partial charge in [0.15, 0.2) is 0 Å². The Hall–Kier alpha value is -1.65. The maximum absolute atomic E-state index is 12.8. The normalized spacial score (nSPS) is 23.7. The molecular weight excluding hydrogens is 421 g/mol. The highest BCUT2D eigenvalue weighted by atomic mass is 79.9. The van der Waals surface area contributed by atoms with Crippen LogP contribution in [0.25, 0.3) is 0 Å². The van der Waals surface area contributed by atoms with Crippen molar-refractivity contribution in [2.45, 2.75) is 12.0 Å². The predicted octanol–water partition coefficient (Wildman–Crippen LogP) is 0.914. The van der Waals surface area contributed by atoms with Crippen LogP contribution in [0.1, 0.15) is 15.9 Å². The first-order valence-corrected chi connectivity index (χ1v) is 8.93. The van der Waals surface area contributed by atoms with E-state index in [0.29, 0.717) is 28.9 Å². The van der Waals surface area contributed by atoms with Crippen molar-refractivity contribution in [3.8, 4) is 0 Å². The standard InChI is InChI=1S/C16H18BrF3N2O4/c1-21-8-9-22(2)16(21,26-14(24)15(18,19)20)12-5-3-11(4-6-12)13(23)25-10-7-17/h3-6H,7-10H2,1-2H3/p+1. The van der Waals surface area contributed by atoms with Crippen molar-refractivity contribution in [2.75, 3.05) is 39.1 Å². The van der Waals surface area contributed by atoms with Gasteiger partial charge in [-0.05, 0) is 31.3 Å². The van der Waals surface area contributed by atoms with Gasteiger partial charge in [0.1, 0.15) is 6.61 Å². The van der Waals surface area contributed by atoms with Crippen LogP contribution in [-0.2, 0) is 20.1 Å². The minimum absolute atomic E-state index is 0.198. The van der Waals surface area contributed by atoms with Gasteiger partial charge >= 0.3 is 24.0 Å². The Morgan fingerprint density at radius 3 is 2.38 bits per heavy atom. The molecule has 6 nitrogen and oxygen atoms in total. The lowest BCUT2D eigenvalue weighted by molar-refractivity contribution is -0.964. The number of nitrogens with zero attached hydrogens (tertiary/aromatic N) is 1. The van der Waals surface area contributed by atoms with E-state index in [4.69, 9.17) is 9.47 Å². The minimum Gasteiger partial charge on any atom is -0.461 e. The van der Waals surface area contributed by atoms with Gasteiger partial charge in [-0.3, -0.25) is 4.90 Å². The molecule has 10 heteroatoms. The van der Waals surface area contributed by atoms with E-state index in [2.05, 4.69) is 15.9 Å². The molecule has 1 heterocycles. The molecule has 0 radical (unpaired) electrons. The molecule has 2 atom stereocenters. The average Bonchev–Trinajstić information content (AvgIpc) is 2.88. The van der Waals surface area contributed by atoms with E-state index < -0.39 is 24.0 Å². The van der Waals surface area contributed by atoms with Gasteiger partial charge in [0.25, 0.3) is 0 Å². The van der Waals surface area contributed by atoms with Gasteiger partial charge in [-0.15, -0.1) is 0 Å². The molecule has 0 amide bonds. The summed E-state index contributed by atoms with van der Waals surface area (Å²) in [5.74, 6) is -4.42. The summed E-state index contributed by atoms with van der Waals surface area (Å²) in [7, 11) is 3.23. The van der Waals surface area contributed by atoms with Gasteiger partial charge in [-0.25, -0.2) is 14.5 Å². The van der Waals surface area contributed by atoms with Crippen molar-refractivity contribution in [1.82, 2.24) is 4.90 Å².